The second kappa shape index (κ2) is 9.64. The van der Waals surface area contributed by atoms with Gasteiger partial charge < -0.3 is 20.3 Å². The highest BCUT2D eigenvalue weighted by Crippen LogP contribution is 2.24. The van der Waals surface area contributed by atoms with Crippen LogP contribution < -0.4 is 10.6 Å². The van der Waals surface area contributed by atoms with Crippen LogP contribution in [0.25, 0.3) is 0 Å². The van der Waals surface area contributed by atoms with E-state index >= 15 is 0 Å². The van der Waals surface area contributed by atoms with E-state index in [0.29, 0.717) is 6.54 Å². The molecular weight excluding hydrogens is 300 g/mol. The first-order valence-electron chi connectivity index (χ1n) is 9.00. The first kappa shape index (κ1) is 18.7. The molecule has 5 heteroatoms. The van der Waals surface area contributed by atoms with Gasteiger partial charge in [-0.15, -0.1) is 0 Å². The van der Waals surface area contributed by atoms with E-state index < -0.39 is 0 Å². The maximum atomic E-state index is 5.81. The SMILES string of the molecule is CCNC(=NCC1(C)CCCO1)NCCN(C)Cc1ccccc1. The number of rotatable bonds is 8. The zero-order valence-corrected chi connectivity index (χ0v) is 15.3. The first-order valence-corrected chi connectivity index (χ1v) is 9.00. The number of nitrogens with one attached hydrogen (secondary N) is 2. The fourth-order valence-corrected chi connectivity index (χ4v) is 2.89. The molecule has 1 aliphatic rings. The van der Waals surface area contributed by atoms with Crippen LogP contribution in [-0.4, -0.2) is 56.3 Å². The van der Waals surface area contributed by atoms with Gasteiger partial charge in [-0.3, -0.25) is 4.99 Å². The number of guanidine groups is 1. The van der Waals surface area contributed by atoms with Gasteiger partial charge in [0, 0.05) is 32.8 Å². The summed E-state index contributed by atoms with van der Waals surface area (Å²) in [6.45, 7) is 9.47. The molecule has 134 valence electrons. The Morgan fingerprint density at radius 2 is 2.08 bits per heavy atom. The van der Waals surface area contributed by atoms with Gasteiger partial charge in [0.25, 0.3) is 0 Å². The maximum absolute atomic E-state index is 5.81. The van der Waals surface area contributed by atoms with Gasteiger partial charge in [0.2, 0.25) is 0 Å². The average molecular weight is 332 g/mol. The molecule has 24 heavy (non-hydrogen) atoms. The molecule has 2 rings (SSSR count). The largest absolute Gasteiger partial charge is 0.373 e. The van der Waals surface area contributed by atoms with Crippen molar-refractivity contribution >= 4 is 5.96 Å². The Labute approximate surface area is 146 Å². The lowest BCUT2D eigenvalue weighted by atomic mass is 10.0. The van der Waals surface area contributed by atoms with Crippen LogP contribution in [0, 0.1) is 0 Å². The number of hydrogen-bond donors (Lipinski definition) is 2. The molecule has 1 aliphatic heterocycles. The molecule has 0 amide bonds. The number of hydrogen-bond acceptors (Lipinski definition) is 3. The van der Waals surface area contributed by atoms with E-state index in [1.54, 1.807) is 0 Å². The quantitative estimate of drug-likeness (QED) is 0.566. The normalized spacial score (nSPS) is 21.2. The monoisotopic (exact) mass is 332 g/mol. The molecule has 1 atom stereocenters. The minimum Gasteiger partial charge on any atom is -0.373 e. The van der Waals surface area contributed by atoms with Crippen LogP contribution in [0.3, 0.4) is 0 Å². The Morgan fingerprint density at radius 3 is 2.75 bits per heavy atom. The van der Waals surface area contributed by atoms with Gasteiger partial charge in [0.05, 0.1) is 12.1 Å². The predicted molar refractivity (Wildman–Crippen MR) is 100 cm³/mol. The van der Waals surface area contributed by atoms with E-state index in [0.717, 1.165) is 51.6 Å². The highest BCUT2D eigenvalue weighted by Gasteiger charge is 2.29. The third-order valence-corrected chi connectivity index (χ3v) is 4.30. The topological polar surface area (TPSA) is 48.9 Å². The van der Waals surface area contributed by atoms with E-state index in [4.69, 9.17) is 9.73 Å². The number of likely N-dealkylation sites (N-methyl/N-ethyl adjacent to an activating group) is 1. The summed E-state index contributed by atoms with van der Waals surface area (Å²) in [4.78, 5) is 7.01. The Kier molecular flexibility index (Phi) is 7.53. The Morgan fingerprint density at radius 1 is 1.29 bits per heavy atom. The molecule has 1 saturated heterocycles. The Bertz CT molecular complexity index is 497. The fraction of sp³-hybridized carbons (Fsp3) is 0.632. The molecule has 5 nitrogen and oxygen atoms in total. The number of nitrogens with zero attached hydrogens (tertiary/aromatic N) is 2. The van der Waals surface area contributed by atoms with Crippen LogP contribution in [0.2, 0.25) is 0 Å². The van der Waals surface area contributed by atoms with Gasteiger partial charge in [0.1, 0.15) is 0 Å². The van der Waals surface area contributed by atoms with Gasteiger partial charge in [-0.1, -0.05) is 30.3 Å². The molecule has 1 unspecified atom stereocenters. The van der Waals surface area contributed by atoms with E-state index in [1.807, 2.05) is 0 Å². The highest BCUT2D eigenvalue weighted by atomic mass is 16.5. The highest BCUT2D eigenvalue weighted by molar-refractivity contribution is 5.79. The van der Waals surface area contributed by atoms with Crippen molar-refractivity contribution in [3.8, 4) is 0 Å². The summed E-state index contributed by atoms with van der Waals surface area (Å²) in [5.41, 5.74) is 1.25. The molecule has 0 aromatic heterocycles. The summed E-state index contributed by atoms with van der Waals surface area (Å²) in [5.74, 6) is 0.877. The lowest BCUT2D eigenvalue weighted by Gasteiger charge is -2.22. The second-order valence-corrected chi connectivity index (χ2v) is 6.75. The van der Waals surface area contributed by atoms with Crippen molar-refractivity contribution in [2.45, 2.75) is 38.8 Å². The fourth-order valence-electron chi connectivity index (χ4n) is 2.89. The van der Waals surface area contributed by atoms with Crippen LogP contribution >= 0.6 is 0 Å². The standard InChI is InChI=1S/C19H32N4O/c1-4-20-18(22-16-19(2)11-8-14-24-19)21-12-13-23(3)15-17-9-6-5-7-10-17/h5-7,9-10H,4,8,11-16H2,1-3H3,(H2,20,21,22). The van der Waals surface area contributed by atoms with Gasteiger partial charge >= 0.3 is 0 Å². The van der Waals surface area contributed by atoms with Crippen molar-refractivity contribution < 1.29 is 4.74 Å². The van der Waals surface area contributed by atoms with Crippen molar-refractivity contribution in [2.24, 2.45) is 4.99 Å². The van der Waals surface area contributed by atoms with Gasteiger partial charge in [-0.05, 0) is 39.3 Å². The van der Waals surface area contributed by atoms with Crippen molar-refractivity contribution in [3.05, 3.63) is 35.9 Å². The minimum absolute atomic E-state index is 0.0908. The van der Waals surface area contributed by atoms with Crippen LogP contribution in [0.4, 0.5) is 0 Å². The van der Waals surface area contributed by atoms with E-state index in [9.17, 15) is 0 Å². The molecule has 0 bridgehead atoms. The zero-order chi connectivity index (χ0) is 17.3. The van der Waals surface area contributed by atoms with E-state index in [2.05, 4.69) is 66.8 Å². The van der Waals surface area contributed by atoms with Gasteiger partial charge in [0.15, 0.2) is 5.96 Å². The molecule has 0 spiro atoms. The van der Waals surface area contributed by atoms with E-state index in [1.165, 1.54) is 5.56 Å². The number of ether oxygens (including phenoxy) is 1. The van der Waals surface area contributed by atoms with Crippen molar-refractivity contribution in [2.75, 3.05) is 39.8 Å². The molecule has 2 N–H and O–H groups in total. The van der Waals surface area contributed by atoms with Crippen LogP contribution in [0.5, 0.6) is 0 Å². The first-order chi connectivity index (χ1) is 11.6. The lowest BCUT2D eigenvalue weighted by Crippen LogP contribution is -2.42. The molecule has 0 aliphatic carbocycles. The maximum Gasteiger partial charge on any atom is 0.191 e. The number of aliphatic imine (C=N–C) groups is 1. The zero-order valence-electron chi connectivity index (χ0n) is 15.3. The van der Waals surface area contributed by atoms with E-state index in [-0.39, 0.29) is 5.60 Å². The molecule has 1 aromatic carbocycles. The Hall–Kier alpha value is -1.59. The molecule has 1 heterocycles. The number of benzene rings is 1. The lowest BCUT2D eigenvalue weighted by molar-refractivity contribution is 0.0283. The third-order valence-electron chi connectivity index (χ3n) is 4.30. The van der Waals surface area contributed by atoms with Crippen LogP contribution in [0.1, 0.15) is 32.3 Å². The van der Waals surface area contributed by atoms with Crippen molar-refractivity contribution in [3.63, 3.8) is 0 Å². The average Bonchev–Trinajstić information content (AvgIpc) is 3.01. The van der Waals surface area contributed by atoms with Crippen LogP contribution in [-0.2, 0) is 11.3 Å². The smallest absolute Gasteiger partial charge is 0.191 e. The second-order valence-electron chi connectivity index (χ2n) is 6.75. The van der Waals surface area contributed by atoms with Gasteiger partial charge in [-0.25, -0.2) is 0 Å². The Balaban J connectivity index is 1.74. The summed E-state index contributed by atoms with van der Waals surface area (Å²) in [6.07, 6.45) is 2.23. The molecular formula is C19H32N4O. The summed E-state index contributed by atoms with van der Waals surface area (Å²) in [6, 6.07) is 10.6. The summed E-state index contributed by atoms with van der Waals surface area (Å²) >= 11 is 0. The molecule has 0 radical (unpaired) electrons. The molecule has 0 saturated carbocycles. The summed E-state index contributed by atoms with van der Waals surface area (Å²) in [7, 11) is 2.14. The molecule has 1 aromatic rings. The third kappa shape index (κ3) is 6.49. The van der Waals surface area contributed by atoms with Crippen molar-refractivity contribution in [1.82, 2.24) is 15.5 Å². The predicted octanol–water partition coefficient (Wildman–Crippen LogP) is 2.24. The summed E-state index contributed by atoms with van der Waals surface area (Å²) in [5, 5.41) is 6.73. The summed E-state index contributed by atoms with van der Waals surface area (Å²) < 4.78 is 5.81. The minimum atomic E-state index is -0.0908. The van der Waals surface area contributed by atoms with Crippen molar-refractivity contribution in [1.29, 1.82) is 0 Å². The van der Waals surface area contributed by atoms with Crippen LogP contribution in [0.15, 0.2) is 35.3 Å². The molecule has 1 fully saturated rings. The van der Waals surface area contributed by atoms with Gasteiger partial charge in [-0.2, -0.15) is 0 Å².